The molecule has 0 spiro atoms. The molecular weight excluding hydrogens is 360 g/mol. The zero-order chi connectivity index (χ0) is 20.8. The smallest absolute Gasteiger partial charge is 0.308 e. The zero-order valence-electron chi connectivity index (χ0n) is 17.1. The van der Waals surface area contributed by atoms with E-state index in [-0.39, 0.29) is 37.4 Å². The second kappa shape index (κ2) is 9.57. The second-order valence-electron chi connectivity index (χ2n) is 7.75. The molecule has 154 valence electrons. The molecule has 1 unspecified atom stereocenters. The number of likely N-dealkylation sites (N-methyl/N-ethyl adjacent to an activating group) is 1. The summed E-state index contributed by atoms with van der Waals surface area (Å²) in [5.41, 5.74) is 2.08. The summed E-state index contributed by atoms with van der Waals surface area (Å²) in [4.78, 5) is 38.9. The Hall–Kier alpha value is -2.57. The summed E-state index contributed by atoms with van der Waals surface area (Å²) in [6, 6.07) is 5.92. The molecule has 0 radical (unpaired) electrons. The van der Waals surface area contributed by atoms with Crippen LogP contribution in [0, 0.1) is 12.8 Å². The highest BCUT2D eigenvalue weighted by Gasteiger charge is 2.29. The summed E-state index contributed by atoms with van der Waals surface area (Å²) in [7, 11) is 1.56. The Kier molecular flexibility index (Phi) is 7.43. The van der Waals surface area contributed by atoms with Gasteiger partial charge in [-0.2, -0.15) is 0 Å². The number of carbonyl (C=O) groups excluding carboxylic acids is 2. The average molecular weight is 390 g/mol. The van der Waals surface area contributed by atoms with E-state index in [9.17, 15) is 14.4 Å². The van der Waals surface area contributed by atoms with Gasteiger partial charge in [-0.3, -0.25) is 14.4 Å². The highest BCUT2D eigenvalue weighted by atomic mass is 16.5. The van der Waals surface area contributed by atoms with Crippen LogP contribution in [0.2, 0.25) is 0 Å². The van der Waals surface area contributed by atoms with E-state index in [1.54, 1.807) is 7.05 Å². The van der Waals surface area contributed by atoms with E-state index in [1.165, 1.54) is 9.80 Å². The molecule has 1 aromatic rings. The normalized spacial score (nSPS) is 16.8. The summed E-state index contributed by atoms with van der Waals surface area (Å²) in [6.45, 7) is 6.59. The van der Waals surface area contributed by atoms with Crippen molar-refractivity contribution >= 4 is 17.8 Å². The van der Waals surface area contributed by atoms with Gasteiger partial charge in [0, 0.05) is 20.1 Å². The minimum Gasteiger partial charge on any atom is -0.483 e. The molecule has 2 rings (SSSR count). The van der Waals surface area contributed by atoms with Crippen LogP contribution >= 0.6 is 0 Å². The molecule has 7 heteroatoms. The number of nitrogens with zero attached hydrogens (tertiary/aromatic N) is 2. The molecule has 1 heterocycles. The number of hydrogen-bond donors (Lipinski definition) is 1. The first-order chi connectivity index (χ1) is 13.2. The van der Waals surface area contributed by atoms with Crippen LogP contribution in [-0.2, 0) is 14.4 Å². The molecule has 1 fully saturated rings. The number of aliphatic carboxylic acids is 1. The third-order valence-electron chi connectivity index (χ3n) is 5.06. The fourth-order valence-electron chi connectivity index (χ4n) is 3.29. The second-order valence-corrected chi connectivity index (χ2v) is 7.75. The quantitative estimate of drug-likeness (QED) is 0.772. The van der Waals surface area contributed by atoms with Gasteiger partial charge in [0.05, 0.1) is 12.5 Å². The standard InChI is InChI=1S/C21H30N2O5/c1-14(2)17-8-7-15(3)10-18(17)28-13-20(25)22(4)12-19(24)23-9-5-6-16(11-23)21(26)27/h7-8,10,14,16H,5-6,9,11-13H2,1-4H3,(H,26,27). The number of carboxylic acids is 1. The molecule has 7 nitrogen and oxygen atoms in total. The maximum atomic E-state index is 12.4. The van der Waals surface area contributed by atoms with Gasteiger partial charge in [-0.15, -0.1) is 0 Å². The Morgan fingerprint density at radius 1 is 1.32 bits per heavy atom. The summed E-state index contributed by atoms with van der Waals surface area (Å²) in [5, 5.41) is 9.15. The summed E-state index contributed by atoms with van der Waals surface area (Å²) >= 11 is 0. The van der Waals surface area contributed by atoms with Crippen LogP contribution in [0.3, 0.4) is 0 Å². The first-order valence-corrected chi connectivity index (χ1v) is 9.67. The fourth-order valence-corrected chi connectivity index (χ4v) is 3.29. The number of likely N-dealkylation sites (tertiary alicyclic amines) is 1. The topological polar surface area (TPSA) is 87.2 Å². The minimum absolute atomic E-state index is 0.0839. The molecule has 1 aliphatic rings. The van der Waals surface area contributed by atoms with Gasteiger partial charge < -0.3 is 19.6 Å². The molecule has 0 bridgehead atoms. The Bertz CT molecular complexity index is 732. The number of carboxylic acid groups (broad SMARTS) is 1. The van der Waals surface area contributed by atoms with E-state index in [0.29, 0.717) is 25.1 Å². The monoisotopic (exact) mass is 390 g/mol. The SMILES string of the molecule is Cc1ccc(C(C)C)c(OCC(=O)N(C)CC(=O)N2CCCC(C(=O)O)C2)c1. The number of aryl methyl sites for hydroxylation is 1. The fraction of sp³-hybridized carbons (Fsp3) is 0.571. The van der Waals surface area contributed by atoms with Crippen LogP contribution in [0.25, 0.3) is 0 Å². The van der Waals surface area contributed by atoms with Gasteiger partial charge in [-0.05, 0) is 42.9 Å². The lowest BCUT2D eigenvalue weighted by Crippen LogP contribution is -2.47. The molecule has 1 N–H and O–H groups in total. The van der Waals surface area contributed by atoms with Gasteiger partial charge in [0.25, 0.3) is 5.91 Å². The number of rotatable bonds is 7. The van der Waals surface area contributed by atoms with Crippen molar-refractivity contribution < 1.29 is 24.2 Å². The maximum absolute atomic E-state index is 12.4. The number of ether oxygens (including phenoxy) is 1. The summed E-state index contributed by atoms with van der Waals surface area (Å²) in [6.07, 6.45) is 1.24. The molecule has 1 atom stereocenters. The predicted molar refractivity (Wildman–Crippen MR) is 105 cm³/mol. The van der Waals surface area contributed by atoms with Crippen LogP contribution in [0.5, 0.6) is 5.75 Å². The number of benzene rings is 1. The van der Waals surface area contributed by atoms with Crippen LogP contribution in [0.4, 0.5) is 0 Å². The highest BCUT2D eigenvalue weighted by Crippen LogP contribution is 2.27. The number of carbonyl (C=O) groups is 3. The van der Waals surface area contributed by atoms with E-state index >= 15 is 0 Å². The number of amides is 2. The lowest BCUT2D eigenvalue weighted by Gasteiger charge is -2.32. The molecule has 0 aromatic heterocycles. The van der Waals surface area contributed by atoms with E-state index in [4.69, 9.17) is 9.84 Å². The van der Waals surface area contributed by atoms with Crippen molar-refractivity contribution in [2.45, 2.75) is 39.5 Å². The van der Waals surface area contributed by atoms with E-state index in [1.807, 2.05) is 25.1 Å². The lowest BCUT2D eigenvalue weighted by molar-refractivity contribution is -0.147. The maximum Gasteiger partial charge on any atom is 0.308 e. The predicted octanol–water partition coefficient (Wildman–Crippen LogP) is 2.28. The van der Waals surface area contributed by atoms with Crippen molar-refractivity contribution in [2.24, 2.45) is 5.92 Å². The molecular formula is C21H30N2O5. The number of piperidine rings is 1. The average Bonchev–Trinajstić information content (AvgIpc) is 2.65. The third kappa shape index (κ3) is 5.71. The van der Waals surface area contributed by atoms with E-state index < -0.39 is 11.9 Å². The Morgan fingerprint density at radius 2 is 2.04 bits per heavy atom. The molecule has 28 heavy (non-hydrogen) atoms. The lowest BCUT2D eigenvalue weighted by atomic mass is 9.98. The number of hydrogen-bond acceptors (Lipinski definition) is 4. The van der Waals surface area contributed by atoms with Crippen molar-refractivity contribution in [1.82, 2.24) is 9.80 Å². The van der Waals surface area contributed by atoms with Crippen LogP contribution in [0.15, 0.2) is 18.2 Å². The van der Waals surface area contributed by atoms with Gasteiger partial charge in [0.1, 0.15) is 5.75 Å². The van der Waals surface area contributed by atoms with Crippen molar-refractivity contribution in [3.05, 3.63) is 29.3 Å². The molecule has 2 amide bonds. The van der Waals surface area contributed by atoms with Crippen LogP contribution < -0.4 is 4.74 Å². The molecule has 1 aliphatic heterocycles. The van der Waals surface area contributed by atoms with Crippen molar-refractivity contribution in [2.75, 3.05) is 33.3 Å². The zero-order valence-corrected chi connectivity index (χ0v) is 17.1. The van der Waals surface area contributed by atoms with Gasteiger partial charge in [0.2, 0.25) is 5.91 Å². The van der Waals surface area contributed by atoms with E-state index in [2.05, 4.69) is 13.8 Å². The summed E-state index contributed by atoms with van der Waals surface area (Å²) < 4.78 is 5.74. The Labute approximate surface area is 166 Å². The Morgan fingerprint density at radius 3 is 2.68 bits per heavy atom. The van der Waals surface area contributed by atoms with Crippen molar-refractivity contribution in [3.8, 4) is 5.75 Å². The van der Waals surface area contributed by atoms with Crippen molar-refractivity contribution in [1.29, 1.82) is 0 Å². The minimum atomic E-state index is -0.880. The van der Waals surface area contributed by atoms with E-state index in [0.717, 1.165) is 11.1 Å². The first-order valence-electron chi connectivity index (χ1n) is 9.67. The molecule has 0 aliphatic carbocycles. The molecule has 1 saturated heterocycles. The van der Waals surface area contributed by atoms with Crippen LogP contribution in [-0.4, -0.2) is 66.0 Å². The molecule has 1 aromatic carbocycles. The van der Waals surface area contributed by atoms with Gasteiger partial charge >= 0.3 is 5.97 Å². The highest BCUT2D eigenvalue weighted by molar-refractivity contribution is 5.85. The summed E-state index contributed by atoms with van der Waals surface area (Å²) in [5.74, 6) is -0.987. The Balaban J connectivity index is 1.90. The van der Waals surface area contributed by atoms with Gasteiger partial charge in [-0.1, -0.05) is 26.0 Å². The molecule has 0 saturated carbocycles. The first kappa shape index (κ1) is 21.7. The van der Waals surface area contributed by atoms with Gasteiger partial charge in [0.15, 0.2) is 6.61 Å². The van der Waals surface area contributed by atoms with Crippen LogP contribution in [0.1, 0.15) is 43.7 Å². The van der Waals surface area contributed by atoms with Crippen molar-refractivity contribution in [3.63, 3.8) is 0 Å². The van der Waals surface area contributed by atoms with Gasteiger partial charge in [-0.25, -0.2) is 0 Å². The largest absolute Gasteiger partial charge is 0.483 e. The third-order valence-corrected chi connectivity index (χ3v) is 5.06.